The molecule has 0 spiro atoms. The van der Waals surface area contributed by atoms with Crippen molar-refractivity contribution in [2.75, 3.05) is 40.4 Å². The summed E-state index contributed by atoms with van der Waals surface area (Å²) < 4.78 is 10.8. The van der Waals surface area contributed by atoms with Gasteiger partial charge in [0.05, 0.1) is 14.2 Å². The third-order valence-electron chi connectivity index (χ3n) is 4.63. The van der Waals surface area contributed by atoms with E-state index in [2.05, 4.69) is 36.2 Å². The van der Waals surface area contributed by atoms with Crippen LogP contribution in [-0.2, 0) is 6.54 Å². The molecule has 0 bridgehead atoms. The van der Waals surface area contributed by atoms with Crippen LogP contribution in [0.25, 0.3) is 0 Å². The Morgan fingerprint density at radius 3 is 2.36 bits per heavy atom. The summed E-state index contributed by atoms with van der Waals surface area (Å²) in [5, 5.41) is 3.47. The SMILES string of the molecule is CCNCC1CCN(Cc2cc(OC)c(OC)cc2C)CC1. The van der Waals surface area contributed by atoms with Gasteiger partial charge in [0.25, 0.3) is 0 Å². The summed E-state index contributed by atoms with van der Waals surface area (Å²) in [6, 6.07) is 4.20. The Labute approximate surface area is 134 Å². The summed E-state index contributed by atoms with van der Waals surface area (Å²) >= 11 is 0. The summed E-state index contributed by atoms with van der Waals surface area (Å²) in [5.74, 6) is 2.47. The Hall–Kier alpha value is -1.26. The lowest BCUT2D eigenvalue weighted by Crippen LogP contribution is -2.37. The number of nitrogens with one attached hydrogen (secondary N) is 1. The van der Waals surface area contributed by atoms with Crippen molar-refractivity contribution >= 4 is 0 Å². The summed E-state index contributed by atoms with van der Waals surface area (Å²) in [5.41, 5.74) is 2.61. The molecule has 1 saturated heterocycles. The lowest BCUT2D eigenvalue weighted by molar-refractivity contribution is 0.175. The van der Waals surface area contributed by atoms with Crippen LogP contribution in [0.1, 0.15) is 30.9 Å². The fraction of sp³-hybridized carbons (Fsp3) is 0.667. The maximum Gasteiger partial charge on any atom is 0.161 e. The minimum atomic E-state index is 0.813. The second kappa shape index (κ2) is 8.39. The van der Waals surface area contributed by atoms with Crippen molar-refractivity contribution in [3.05, 3.63) is 23.3 Å². The van der Waals surface area contributed by atoms with Crippen LogP contribution in [0.2, 0.25) is 0 Å². The predicted octanol–water partition coefficient (Wildman–Crippen LogP) is 2.83. The standard InChI is InChI=1S/C18H30N2O2/c1-5-19-12-15-6-8-20(9-7-15)13-16-11-18(22-4)17(21-3)10-14(16)2/h10-11,15,19H,5-9,12-13H2,1-4H3. The van der Waals surface area contributed by atoms with Crippen molar-refractivity contribution in [2.45, 2.75) is 33.2 Å². The van der Waals surface area contributed by atoms with Gasteiger partial charge in [0.1, 0.15) is 0 Å². The van der Waals surface area contributed by atoms with E-state index in [0.29, 0.717) is 0 Å². The zero-order valence-electron chi connectivity index (χ0n) is 14.4. The van der Waals surface area contributed by atoms with E-state index in [0.717, 1.165) is 30.5 Å². The number of aryl methyl sites for hydroxylation is 1. The van der Waals surface area contributed by atoms with E-state index in [9.17, 15) is 0 Å². The number of ether oxygens (including phenoxy) is 2. The molecule has 1 aliphatic rings. The highest BCUT2D eigenvalue weighted by Crippen LogP contribution is 2.31. The van der Waals surface area contributed by atoms with E-state index >= 15 is 0 Å². The van der Waals surface area contributed by atoms with Crippen molar-refractivity contribution in [1.29, 1.82) is 0 Å². The Morgan fingerprint density at radius 1 is 1.14 bits per heavy atom. The molecule has 0 atom stereocenters. The number of methoxy groups -OCH3 is 2. The van der Waals surface area contributed by atoms with E-state index < -0.39 is 0 Å². The highest BCUT2D eigenvalue weighted by Gasteiger charge is 2.20. The third kappa shape index (κ3) is 4.37. The van der Waals surface area contributed by atoms with Crippen molar-refractivity contribution < 1.29 is 9.47 Å². The molecule has 22 heavy (non-hydrogen) atoms. The molecule has 124 valence electrons. The quantitative estimate of drug-likeness (QED) is 0.840. The molecule has 1 aromatic carbocycles. The molecule has 2 rings (SSSR count). The van der Waals surface area contributed by atoms with Crippen LogP contribution in [0.5, 0.6) is 11.5 Å². The van der Waals surface area contributed by atoms with Gasteiger partial charge in [-0.15, -0.1) is 0 Å². The number of likely N-dealkylation sites (tertiary alicyclic amines) is 1. The highest BCUT2D eigenvalue weighted by molar-refractivity contribution is 5.47. The van der Waals surface area contributed by atoms with Gasteiger partial charge < -0.3 is 14.8 Å². The minimum Gasteiger partial charge on any atom is -0.493 e. The lowest BCUT2D eigenvalue weighted by atomic mass is 9.96. The topological polar surface area (TPSA) is 33.7 Å². The fourth-order valence-corrected chi connectivity index (χ4v) is 3.13. The second-order valence-corrected chi connectivity index (χ2v) is 6.16. The number of nitrogens with zero attached hydrogens (tertiary/aromatic N) is 1. The van der Waals surface area contributed by atoms with Gasteiger partial charge in [0, 0.05) is 6.54 Å². The number of benzene rings is 1. The van der Waals surface area contributed by atoms with E-state index in [1.165, 1.54) is 43.6 Å². The molecule has 0 amide bonds. The normalized spacial score (nSPS) is 16.7. The molecule has 4 nitrogen and oxygen atoms in total. The smallest absolute Gasteiger partial charge is 0.161 e. The van der Waals surface area contributed by atoms with Gasteiger partial charge in [-0.2, -0.15) is 0 Å². The van der Waals surface area contributed by atoms with Crippen LogP contribution in [0, 0.1) is 12.8 Å². The molecular weight excluding hydrogens is 276 g/mol. The number of hydrogen-bond acceptors (Lipinski definition) is 4. The second-order valence-electron chi connectivity index (χ2n) is 6.16. The number of hydrogen-bond donors (Lipinski definition) is 1. The van der Waals surface area contributed by atoms with Gasteiger partial charge in [0.2, 0.25) is 0 Å². The van der Waals surface area contributed by atoms with E-state index in [4.69, 9.17) is 9.47 Å². The Morgan fingerprint density at radius 2 is 1.77 bits per heavy atom. The van der Waals surface area contributed by atoms with Gasteiger partial charge in [-0.3, -0.25) is 4.90 Å². The molecular formula is C18H30N2O2. The average Bonchev–Trinajstić information content (AvgIpc) is 2.55. The first kappa shape index (κ1) is 17.1. The van der Waals surface area contributed by atoms with Gasteiger partial charge >= 0.3 is 0 Å². The summed E-state index contributed by atoms with van der Waals surface area (Å²) in [6.07, 6.45) is 2.58. The fourth-order valence-electron chi connectivity index (χ4n) is 3.13. The number of rotatable bonds is 7. The molecule has 0 unspecified atom stereocenters. The van der Waals surface area contributed by atoms with Crippen LogP contribution in [-0.4, -0.2) is 45.3 Å². The van der Waals surface area contributed by atoms with Crippen molar-refractivity contribution in [3.8, 4) is 11.5 Å². The van der Waals surface area contributed by atoms with Gasteiger partial charge in [-0.25, -0.2) is 0 Å². The van der Waals surface area contributed by atoms with Crippen LogP contribution >= 0.6 is 0 Å². The first-order valence-electron chi connectivity index (χ1n) is 8.32. The zero-order valence-corrected chi connectivity index (χ0v) is 14.4. The third-order valence-corrected chi connectivity index (χ3v) is 4.63. The molecule has 0 saturated carbocycles. The van der Waals surface area contributed by atoms with Crippen molar-refractivity contribution in [1.82, 2.24) is 10.2 Å². The molecule has 4 heteroatoms. The molecule has 1 heterocycles. The first-order valence-corrected chi connectivity index (χ1v) is 8.32. The zero-order chi connectivity index (χ0) is 15.9. The Balaban J connectivity index is 1.94. The molecule has 1 N–H and O–H groups in total. The molecule has 1 aromatic rings. The average molecular weight is 306 g/mol. The van der Waals surface area contributed by atoms with Crippen LogP contribution in [0.3, 0.4) is 0 Å². The van der Waals surface area contributed by atoms with E-state index in [-0.39, 0.29) is 0 Å². The van der Waals surface area contributed by atoms with Crippen LogP contribution < -0.4 is 14.8 Å². The van der Waals surface area contributed by atoms with Crippen LogP contribution in [0.15, 0.2) is 12.1 Å². The Bertz CT molecular complexity index is 468. The monoisotopic (exact) mass is 306 g/mol. The predicted molar refractivity (Wildman–Crippen MR) is 90.8 cm³/mol. The van der Waals surface area contributed by atoms with Gasteiger partial charge in [-0.1, -0.05) is 6.92 Å². The largest absolute Gasteiger partial charge is 0.493 e. The summed E-state index contributed by atoms with van der Waals surface area (Å²) in [4.78, 5) is 2.55. The molecule has 1 fully saturated rings. The van der Waals surface area contributed by atoms with Crippen LogP contribution in [0.4, 0.5) is 0 Å². The first-order chi connectivity index (χ1) is 10.7. The summed E-state index contributed by atoms with van der Waals surface area (Å²) in [7, 11) is 3.38. The summed E-state index contributed by atoms with van der Waals surface area (Å²) in [6.45, 7) is 9.93. The van der Waals surface area contributed by atoms with E-state index in [1.54, 1.807) is 14.2 Å². The highest BCUT2D eigenvalue weighted by atomic mass is 16.5. The lowest BCUT2D eigenvalue weighted by Gasteiger charge is -2.32. The molecule has 0 aromatic heterocycles. The van der Waals surface area contributed by atoms with E-state index in [1.807, 2.05) is 0 Å². The molecule has 0 aliphatic carbocycles. The molecule has 1 aliphatic heterocycles. The van der Waals surface area contributed by atoms with Crippen molar-refractivity contribution in [3.63, 3.8) is 0 Å². The minimum absolute atomic E-state index is 0.813. The number of piperidine rings is 1. The van der Waals surface area contributed by atoms with Crippen molar-refractivity contribution in [2.24, 2.45) is 5.92 Å². The van der Waals surface area contributed by atoms with Gasteiger partial charge in [-0.05, 0) is 75.1 Å². The van der Waals surface area contributed by atoms with Gasteiger partial charge in [0.15, 0.2) is 11.5 Å². The maximum atomic E-state index is 5.43. The maximum absolute atomic E-state index is 5.43. The Kier molecular flexibility index (Phi) is 6.52. The molecule has 0 radical (unpaired) electrons.